The second-order valence-electron chi connectivity index (χ2n) is 6.13. The van der Waals surface area contributed by atoms with E-state index in [1.54, 1.807) is 6.07 Å². The molecule has 136 valence electrons. The van der Waals surface area contributed by atoms with E-state index in [2.05, 4.69) is 26.7 Å². The molecule has 3 rings (SSSR count). The first kappa shape index (κ1) is 18.3. The Kier molecular flexibility index (Phi) is 6.17. The van der Waals surface area contributed by atoms with Gasteiger partial charge in [-0.3, -0.25) is 4.79 Å². The van der Waals surface area contributed by atoms with Crippen LogP contribution in [0.1, 0.15) is 42.6 Å². The third-order valence-corrected chi connectivity index (χ3v) is 4.47. The van der Waals surface area contributed by atoms with Gasteiger partial charge in [-0.2, -0.15) is 0 Å². The smallest absolute Gasteiger partial charge is 0.270 e. The number of carbonyl (C=O) groups excluding carboxylic acids is 1. The number of benzene rings is 1. The van der Waals surface area contributed by atoms with Crippen molar-refractivity contribution in [2.75, 3.05) is 11.9 Å². The Bertz CT molecular complexity index is 825. The molecule has 0 unspecified atom stereocenters. The zero-order valence-electron chi connectivity index (χ0n) is 14.3. The van der Waals surface area contributed by atoms with Crippen molar-refractivity contribution in [1.29, 1.82) is 0 Å². The minimum absolute atomic E-state index is 0.000847. The highest BCUT2D eigenvalue weighted by molar-refractivity contribution is 6.31. The van der Waals surface area contributed by atoms with E-state index >= 15 is 0 Å². The van der Waals surface area contributed by atoms with Crippen LogP contribution in [0.3, 0.4) is 0 Å². The van der Waals surface area contributed by atoms with Crippen LogP contribution in [0.25, 0.3) is 0 Å². The van der Waals surface area contributed by atoms with E-state index in [-0.39, 0.29) is 22.6 Å². The molecule has 5 nitrogen and oxygen atoms in total. The van der Waals surface area contributed by atoms with E-state index in [4.69, 9.17) is 11.6 Å². The molecule has 1 aromatic heterocycles. The summed E-state index contributed by atoms with van der Waals surface area (Å²) in [5.74, 6) is -0.501. The van der Waals surface area contributed by atoms with Crippen LogP contribution in [-0.4, -0.2) is 22.4 Å². The zero-order chi connectivity index (χ0) is 18.4. The van der Waals surface area contributed by atoms with Crippen LogP contribution in [0, 0.1) is 5.82 Å². The van der Waals surface area contributed by atoms with Gasteiger partial charge in [0.25, 0.3) is 5.91 Å². The van der Waals surface area contributed by atoms with Gasteiger partial charge >= 0.3 is 0 Å². The lowest BCUT2D eigenvalue weighted by Gasteiger charge is -2.13. The highest BCUT2D eigenvalue weighted by Crippen LogP contribution is 2.21. The lowest BCUT2D eigenvalue weighted by Crippen LogP contribution is -2.26. The normalized spacial score (nSPS) is 13.8. The molecule has 7 heteroatoms. The maximum atomic E-state index is 13.2. The summed E-state index contributed by atoms with van der Waals surface area (Å²) in [6, 6.07) is 5.76. The lowest BCUT2D eigenvalue weighted by atomic mass is 9.97. The molecule has 1 heterocycles. The van der Waals surface area contributed by atoms with Crippen molar-refractivity contribution in [3.63, 3.8) is 0 Å². The average Bonchev–Trinajstić information content (AvgIpc) is 2.66. The summed E-state index contributed by atoms with van der Waals surface area (Å²) in [5.41, 5.74) is 2.22. The number of hydrogen-bond acceptors (Lipinski definition) is 4. The maximum absolute atomic E-state index is 13.2. The van der Waals surface area contributed by atoms with Gasteiger partial charge in [-0.1, -0.05) is 23.3 Å². The van der Waals surface area contributed by atoms with E-state index in [1.807, 2.05) is 0 Å². The number of rotatable bonds is 6. The minimum atomic E-state index is -0.501. The number of carbonyl (C=O) groups is 1. The molecular formula is C19H20ClFN4O. The van der Waals surface area contributed by atoms with Crippen molar-refractivity contribution >= 4 is 29.1 Å². The summed E-state index contributed by atoms with van der Waals surface area (Å²) < 4.78 is 13.2. The number of allylic oxidation sites excluding steroid dienone is 1. The summed E-state index contributed by atoms with van der Waals surface area (Å²) >= 11 is 5.76. The molecule has 0 spiro atoms. The minimum Gasteiger partial charge on any atom is -0.350 e. The van der Waals surface area contributed by atoms with Gasteiger partial charge in [0.1, 0.15) is 11.5 Å². The number of aromatic nitrogens is 2. The Hall–Kier alpha value is -2.47. The molecule has 1 amide bonds. The van der Waals surface area contributed by atoms with Gasteiger partial charge in [0.2, 0.25) is 5.95 Å². The quantitative estimate of drug-likeness (QED) is 0.723. The summed E-state index contributed by atoms with van der Waals surface area (Å²) in [6.45, 7) is 0.588. The van der Waals surface area contributed by atoms with Crippen molar-refractivity contribution in [3.05, 3.63) is 58.6 Å². The van der Waals surface area contributed by atoms with Crippen molar-refractivity contribution in [1.82, 2.24) is 15.3 Å². The average molecular weight is 375 g/mol. The molecule has 1 aliphatic rings. The molecule has 2 N–H and O–H groups in total. The molecule has 0 atom stereocenters. The van der Waals surface area contributed by atoms with Gasteiger partial charge in [0.05, 0.1) is 5.02 Å². The van der Waals surface area contributed by atoms with Gasteiger partial charge < -0.3 is 10.6 Å². The van der Waals surface area contributed by atoms with Crippen LogP contribution in [0.15, 0.2) is 42.1 Å². The monoisotopic (exact) mass is 374 g/mol. The molecular weight excluding hydrogens is 355 g/mol. The Balaban J connectivity index is 1.58. The Morgan fingerprint density at radius 1 is 1.27 bits per heavy atom. The van der Waals surface area contributed by atoms with Crippen LogP contribution >= 0.6 is 11.6 Å². The van der Waals surface area contributed by atoms with Gasteiger partial charge in [-0.15, -0.1) is 0 Å². The van der Waals surface area contributed by atoms with Crippen molar-refractivity contribution in [3.8, 4) is 0 Å². The topological polar surface area (TPSA) is 66.9 Å². The number of anilines is 2. The molecule has 1 aromatic carbocycles. The number of halogens is 2. The first-order valence-electron chi connectivity index (χ1n) is 8.63. The van der Waals surface area contributed by atoms with Gasteiger partial charge in [-0.05, 0) is 56.4 Å². The molecule has 2 aromatic rings. The SMILES string of the molecule is O=C(NCCC1=CCCCC1)c1ccnc(Nc2ccc(F)c(Cl)c2)n1. The molecule has 0 aliphatic heterocycles. The Morgan fingerprint density at radius 2 is 2.15 bits per heavy atom. The number of nitrogens with zero attached hydrogens (tertiary/aromatic N) is 2. The Labute approximate surface area is 156 Å². The lowest BCUT2D eigenvalue weighted by molar-refractivity contribution is 0.0949. The predicted molar refractivity (Wildman–Crippen MR) is 100 cm³/mol. The summed E-state index contributed by atoms with van der Waals surface area (Å²) in [4.78, 5) is 20.5. The number of hydrogen-bond donors (Lipinski definition) is 2. The highest BCUT2D eigenvalue weighted by Gasteiger charge is 2.10. The molecule has 1 aliphatic carbocycles. The second kappa shape index (κ2) is 8.76. The zero-order valence-corrected chi connectivity index (χ0v) is 15.0. The fraction of sp³-hybridized carbons (Fsp3) is 0.316. The molecule has 0 saturated heterocycles. The second-order valence-corrected chi connectivity index (χ2v) is 6.54. The summed E-state index contributed by atoms with van der Waals surface area (Å²) in [6.07, 6.45) is 9.39. The highest BCUT2D eigenvalue weighted by atomic mass is 35.5. The van der Waals surface area contributed by atoms with Crippen LogP contribution in [0.5, 0.6) is 0 Å². The van der Waals surface area contributed by atoms with E-state index < -0.39 is 5.82 Å². The first-order chi connectivity index (χ1) is 12.6. The van der Waals surface area contributed by atoms with Crippen LogP contribution < -0.4 is 10.6 Å². The van der Waals surface area contributed by atoms with Crippen LogP contribution in [-0.2, 0) is 0 Å². The van der Waals surface area contributed by atoms with Gasteiger partial charge in [0.15, 0.2) is 0 Å². The van der Waals surface area contributed by atoms with Crippen molar-refractivity contribution in [2.24, 2.45) is 0 Å². The molecule has 0 saturated carbocycles. The van der Waals surface area contributed by atoms with Gasteiger partial charge in [-0.25, -0.2) is 14.4 Å². The largest absolute Gasteiger partial charge is 0.350 e. The fourth-order valence-electron chi connectivity index (χ4n) is 2.81. The van der Waals surface area contributed by atoms with Crippen LogP contribution in [0.2, 0.25) is 5.02 Å². The van der Waals surface area contributed by atoms with E-state index in [0.717, 1.165) is 19.3 Å². The maximum Gasteiger partial charge on any atom is 0.270 e. The Morgan fingerprint density at radius 3 is 2.92 bits per heavy atom. The number of amides is 1. The molecule has 0 bridgehead atoms. The predicted octanol–water partition coefficient (Wildman–Crippen LogP) is 4.63. The van der Waals surface area contributed by atoms with Crippen molar-refractivity contribution in [2.45, 2.75) is 32.1 Å². The van der Waals surface area contributed by atoms with Crippen LogP contribution in [0.4, 0.5) is 16.0 Å². The molecule has 0 fully saturated rings. The fourth-order valence-corrected chi connectivity index (χ4v) is 2.99. The number of nitrogens with one attached hydrogen (secondary N) is 2. The summed E-state index contributed by atoms with van der Waals surface area (Å²) in [5, 5.41) is 5.80. The first-order valence-corrected chi connectivity index (χ1v) is 9.01. The molecule has 26 heavy (non-hydrogen) atoms. The van der Waals surface area contributed by atoms with E-state index in [0.29, 0.717) is 12.2 Å². The van der Waals surface area contributed by atoms with E-state index in [9.17, 15) is 9.18 Å². The summed E-state index contributed by atoms with van der Waals surface area (Å²) in [7, 11) is 0. The van der Waals surface area contributed by atoms with Crippen molar-refractivity contribution < 1.29 is 9.18 Å². The van der Waals surface area contributed by atoms with Gasteiger partial charge in [0, 0.05) is 18.4 Å². The third-order valence-electron chi connectivity index (χ3n) is 4.18. The molecule has 0 radical (unpaired) electrons. The van der Waals surface area contributed by atoms with E-state index in [1.165, 1.54) is 42.8 Å². The third kappa shape index (κ3) is 5.02. The standard InChI is InChI=1S/C19H20ClFN4O/c20-15-12-14(6-7-16(15)21)24-19-23-11-9-17(25-19)18(26)22-10-8-13-4-2-1-3-5-13/h4,6-7,9,11-12H,1-3,5,8,10H2,(H,22,26)(H,23,24,25).